The highest BCUT2D eigenvalue weighted by atomic mass is 32.2. The molecule has 1 aromatic rings. The lowest BCUT2D eigenvalue weighted by atomic mass is 9.90. The SMILES string of the molecule is CCCOc1cc(C)ccc1NC(=O)N[C@H]1CCO[C@@]2(CCS(=O)(=O)C2)C1. The van der Waals surface area contributed by atoms with Gasteiger partial charge >= 0.3 is 6.03 Å². The maximum Gasteiger partial charge on any atom is 0.319 e. The zero-order valence-corrected chi connectivity index (χ0v) is 16.7. The fourth-order valence-corrected chi connectivity index (χ4v) is 5.69. The summed E-state index contributed by atoms with van der Waals surface area (Å²) in [5.41, 5.74) is 1.03. The molecule has 1 aromatic carbocycles. The molecule has 0 saturated carbocycles. The molecule has 8 heteroatoms. The number of sulfone groups is 1. The summed E-state index contributed by atoms with van der Waals surface area (Å²) in [6.45, 7) is 5.03. The first-order chi connectivity index (χ1) is 12.8. The Balaban J connectivity index is 1.61. The van der Waals surface area contributed by atoms with Gasteiger partial charge in [0.1, 0.15) is 5.75 Å². The number of carbonyl (C=O) groups excluding carboxylic acids is 1. The lowest BCUT2D eigenvalue weighted by molar-refractivity contribution is -0.0685. The second kappa shape index (κ2) is 8.06. The number of nitrogens with one attached hydrogen (secondary N) is 2. The molecule has 2 amide bonds. The van der Waals surface area contributed by atoms with Gasteiger partial charge in [-0.1, -0.05) is 13.0 Å². The summed E-state index contributed by atoms with van der Waals surface area (Å²) in [5, 5.41) is 5.82. The maximum absolute atomic E-state index is 12.5. The minimum Gasteiger partial charge on any atom is -0.491 e. The number of aryl methyl sites for hydroxylation is 1. The molecule has 27 heavy (non-hydrogen) atoms. The third-order valence-electron chi connectivity index (χ3n) is 5.03. The van der Waals surface area contributed by atoms with Crippen LogP contribution in [0.3, 0.4) is 0 Å². The van der Waals surface area contributed by atoms with Crippen molar-refractivity contribution in [3.05, 3.63) is 23.8 Å². The summed E-state index contributed by atoms with van der Waals surface area (Å²) in [6.07, 6.45) is 2.57. The van der Waals surface area contributed by atoms with Gasteiger partial charge in [-0.3, -0.25) is 0 Å². The van der Waals surface area contributed by atoms with Crippen LogP contribution in [-0.4, -0.2) is 50.8 Å². The molecule has 2 aliphatic heterocycles. The van der Waals surface area contributed by atoms with Crippen LogP contribution in [0.25, 0.3) is 0 Å². The van der Waals surface area contributed by atoms with E-state index in [1.54, 1.807) is 0 Å². The third kappa shape index (κ3) is 5.13. The van der Waals surface area contributed by atoms with Crippen LogP contribution in [0, 0.1) is 6.92 Å². The van der Waals surface area contributed by atoms with Crippen LogP contribution in [0.15, 0.2) is 18.2 Å². The van der Waals surface area contributed by atoms with E-state index in [1.165, 1.54) is 0 Å². The van der Waals surface area contributed by atoms with Crippen LogP contribution in [0.1, 0.15) is 38.2 Å². The number of amides is 2. The molecular formula is C19H28N2O5S. The largest absolute Gasteiger partial charge is 0.491 e. The summed E-state index contributed by atoms with van der Waals surface area (Å²) in [6, 6.07) is 5.22. The van der Waals surface area contributed by atoms with Gasteiger partial charge in [-0.15, -0.1) is 0 Å². The summed E-state index contributed by atoms with van der Waals surface area (Å²) < 4.78 is 35.2. The van der Waals surface area contributed by atoms with Crippen molar-refractivity contribution in [1.82, 2.24) is 5.32 Å². The molecule has 1 spiro atoms. The number of carbonyl (C=O) groups is 1. The van der Waals surface area contributed by atoms with E-state index in [1.807, 2.05) is 32.0 Å². The van der Waals surface area contributed by atoms with Gasteiger partial charge in [0.25, 0.3) is 0 Å². The number of anilines is 1. The van der Waals surface area contributed by atoms with Gasteiger partial charge in [-0.05, 0) is 50.3 Å². The highest BCUT2D eigenvalue weighted by Crippen LogP contribution is 2.35. The monoisotopic (exact) mass is 396 g/mol. The van der Waals surface area contributed by atoms with Crippen molar-refractivity contribution >= 4 is 21.6 Å². The van der Waals surface area contributed by atoms with Crippen molar-refractivity contribution in [3.8, 4) is 5.75 Å². The lowest BCUT2D eigenvalue weighted by Gasteiger charge is -2.37. The Morgan fingerprint density at radius 3 is 2.93 bits per heavy atom. The summed E-state index contributed by atoms with van der Waals surface area (Å²) in [5.74, 6) is 0.859. The first kappa shape index (κ1) is 19.9. The first-order valence-electron chi connectivity index (χ1n) is 9.46. The molecule has 2 atom stereocenters. The molecule has 7 nitrogen and oxygen atoms in total. The lowest BCUT2D eigenvalue weighted by Crippen LogP contribution is -2.50. The molecule has 0 aromatic heterocycles. The minimum atomic E-state index is -3.04. The molecule has 2 N–H and O–H groups in total. The van der Waals surface area contributed by atoms with Crippen LogP contribution < -0.4 is 15.4 Å². The van der Waals surface area contributed by atoms with E-state index in [4.69, 9.17) is 9.47 Å². The molecule has 0 radical (unpaired) electrons. The Bertz CT molecular complexity index is 795. The third-order valence-corrected chi connectivity index (χ3v) is 6.82. The van der Waals surface area contributed by atoms with Gasteiger partial charge in [0, 0.05) is 12.6 Å². The van der Waals surface area contributed by atoms with Gasteiger partial charge in [0.2, 0.25) is 0 Å². The van der Waals surface area contributed by atoms with Crippen LogP contribution in [-0.2, 0) is 14.6 Å². The van der Waals surface area contributed by atoms with E-state index in [-0.39, 0.29) is 23.6 Å². The molecule has 2 saturated heterocycles. The summed E-state index contributed by atoms with van der Waals surface area (Å²) >= 11 is 0. The Kier molecular flexibility index (Phi) is 5.95. The molecule has 2 fully saturated rings. The van der Waals surface area contributed by atoms with Crippen molar-refractivity contribution in [2.24, 2.45) is 0 Å². The second-order valence-electron chi connectivity index (χ2n) is 7.51. The molecule has 2 aliphatic rings. The van der Waals surface area contributed by atoms with Crippen molar-refractivity contribution in [2.45, 2.75) is 51.2 Å². The number of benzene rings is 1. The summed E-state index contributed by atoms with van der Waals surface area (Å²) in [7, 11) is -3.04. The van der Waals surface area contributed by atoms with E-state index >= 15 is 0 Å². The van der Waals surface area contributed by atoms with Crippen LogP contribution >= 0.6 is 0 Å². The highest BCUT2D eigenvalue weighted by Gasteiger charge is 2.46. The van der Waals surface area contributed by atoms with Gasteiger partial charge in [0.15, 0.2) is 9.84 Å². The average molecular weight is 397 g/mol. The topological polar surface area (TPSA) is 93.7 Å². The van der Waals surface area contributed by atoms with Gasteiger partial charge in [-0.2, -0.15) is 0 Å². The van der Waals surface area contributed by atoms with Gasteiger partial charge in [-0.25, -0.2) is 13.2 Å². The Morgan fingerprint density at radius 1 is 1.41 bits per heavy atom. The normalized spacial score (nSPS) is 26.7. The van der Waals surface area contributed by atoms with E-state index in [2.05, 4.69) is 10.6 Å². The van der Waals surface area contributed by atoms with Crippen molar-refractivity contribution in [1.29, 1.82) is 0 Å². The number of rotatable bonds is 5. The van der Waals surface area contributed by atoms with Crippen LogP contribution in [0.2, 0.25) is 0 Å². The first-order valence-corrected chi connectivity index (χ1v) is 11.3. The molecular weight excluding hydrogens is 368 g/mol. The number of urea groups is 1. The number of hydrogen-bond donors (Lipinski definition) is 2. The number of hydrogen-bond acceptors (Lipinski definition) is 5. The van der Waals surface area contributed by atoms with E-state index in [9.17, 15) is 13.2 Å². The molecule has 2 heterocycles. The number of ether oxygens (including phenoxy) is 2. The second-order valence-corrected chi connectivity index (χ2v) is 9.69. The highest BCUT2D eigenvalue weighted by molar-refractivity contribution is 7.91. The molecule has 0 aliphatic carbocycles. The standard InChI is InChI=1S/C19H28N2O5S/c1-3-8-25-17-11-14(2)4-5-16(17)21-18(22)20-15-6-9-26-19(12-15)7-10-27(23,24)13-19/h4-5,11,15H,3,6-10,12-13H2,1-2H3,(H2,20,21,22)/t15-,19-/m0/s1. The van der Waals surface area contributed by atoms with E-state index in [0.29, 0.717) is 43.9 Å². The zero-order chi connectivity index (χ0) is 19.5. The fourth-order valence-electron chi connectivity index (χ4n) is 3.72. The van der Waals surface area contributed by atoms with Crippen LogP contribution in [0.4, 0.5) is 10.5 Å². The predicted octanol–water partition coefficient (Wildman–Crippen LogP) is 2.64. The van der Waals surface area contributed by atoms with Gasteiger partial charge < -0.3 is 20.1 Å². The molecule has 3 rings (SSSR count). The maximum atomic E-state index is 12.5. The van der Waals surface area contributed by atoms with Crippen molar-refractivity contribution in [2.75, 3.05) is 30.0 Å². The van der Waals surface area contributed by atoms with E-state index < -0.39 is 15.4 Å². The average Bonchev–Trinajstić information content (AvgIpc) is 2.89. The summed E-state index contributed by atoms with van der Waals surface area (Å²) in [4.78, 5) is 12.5. The Labute approximate surface area is 160 Å². The molecule has 150 valence electrons. The van der Waals surface area contributed by atoms with E-state index in [0.717, 1.165) is 12.0 Å². The Hall–Kier alpha value is -1.80. The smallest absolute Gasteiger partial charge is 0.319 e. The fraction of sp³-hybridized carbons (Fsp3) is 0.632. The molecule has 0 bridgehead atoms. The Morgan fingerprint density at radius 2 is 2.22 bits per heavy atom. The minimum absolute atomic E-state index is 0.0484. The zero-order valence-electron chi connectivity index (χ0n) is 15.9. The van der Waals surface area contributed by atoms with Crippen molar-refractivity contribution < 1.29 is 22.7 Å². The predicted molar refractivity (Wildman–Crippen MR) is 104 cm³/mol. The van der Waals surface area contributed by atoms with Crippen LogP contribution in [0.5, 0.6) is 5.75 Å². The quantitative estimate of drug-likeness (QED) is 0.798. The van der Waals surface area contributed by atoms with Gasteiger partial charge in [0.05, 0.1) is 29.4 Å². The van der Waals surface area contributed by atoms with Crippen molar-refractivity contribution in [3.63, 3.8) is 0 Å². The molecule has 0 unspecified atom stereocenters.